The molecule has 116 valence electrons. The maximum atomic E-state index is 11.7. The van der Waals surface area contributed by atoms with Crippen LogP contribution in [0.15, 0.2) is 0 Å². The van der Waals surface area contributed by atoms with Crippen LogP contribution in [0.1, 0.15) is 59.3 Å². The molecule has 0 aliphatic rings. The van der Waals surface area contributed by atoms with Gasteiger partial charge in [0.2, 0.25) is 0 Å². The van der Waals surface area contributed by atoms with Crippen LogP contribution in [0.5, 0.6) is 0 Å². The maximum Gasteiger partial charge on any atom is 0.343 e. The number of carbonyl (C=O) groups is 1. The van der Waals surface area contributed by atoms with Gasteiger partial charge in [0.1, 0.15) is 0 Å². The largest absolute Gasteiger partial charge is 1.00 e. The zero-order valence-corrected chi connectivity index (χ0v) is 15.7. The van der Waals surface area contributed by atoms with Crippen molar-refractivity contribution in [3.63, 3.8) is 0 Å². The highest BCUT2D eigenvalue weighted by Gasteiger charge is 2.38. The number of rotatable bonds is 11. The lowest BCUT2D eigenvalue weighted by atomic mass is 10.4. The number of carbonyl (C=O) groups excluding carboxylic acids is 1. The lowest BCUT2D eigenvalue weighted by molar-refractivity contribution is -0.137. The second-order valence-corrected chi connectivity index (χ2v) is 9.65. The van der Waals surface area contributed by atoms with Crippen LogP contribution in [-0.4, -0.2) is 37.7 Å². The van der Waals surface area contributed by atoms with E-state index in [4.69, 9.17) is 4.74 Å². The lowest BCUT2D eigenvalue weighted by Gasteiger charge is -2.26. The highest BCUT2D eigenvalue weighted by molar-refractivity contribution is 7.76. The smallest absolute Gasteiger partial charge is 0.343 e. The Hall–Kier alpha value is 0.380. The Morgan fingerprint density at radius 2 is 1.26 bits per heavy atom. The molecule has 0 amide bonds. The molecule has 4 heteroatoms. The fourth-order valence-corrected chi connectivity index (χ4v) is 7.17. The van der Waals surface area contributed by atoms with Gasteiger partial charge in [-0.05, 0) is 19.3 Å². The van der Waals surface area contributed by atoms with Crippen LogP contribution in [0.25, 0.3) is 0 Å². The minimum Gasteiger partial charge on any atom is -1.00 e. The zero-order valence-electron chi connectivity index (χ0n) is 13.2. The standard InChI is InChI=1S/C15H32O2P.BrH/c1-5-8-11-18(12-9-6-2,13-10-7-3)14-15(16)17-4;/h5-14H2,1-4H3;1H/q+1;/p-1. The van der Waals surface area contributed by atoms with Gasteiger partial charge in [0.05, 0.1) is 25.6 Å². The van der Waals surface area contributed by atoms with Gasteiger partial charge in [0.15, 0.2) is 6.16 Å². The van der Waals surface area contributed by atoms with Gasteiger partial charge >= 0.3 is 5.97 Å². The Kier molecular flexibility index (Phi) is 15.2. The Morgan fingerprint density at radius 1 is 0.895 bits per heavy atom. The number of unbranched alkanes of at least 4 members (excludes halogenated alkanes) is 3. The summed E-state index contributed by atoms with van der Waals surface area (Å²) in [5, 5.41) is 0. The van der Waals surface area contributed by atoms with Crippen LogP contribution in [0.3, 0.4) is 0 Å². The SMILES string of the molecule is CCCC[P+](CCCC)(CCCC)CC(=O)OC.[Br-]. The molecule has 0 aromatic rings. The lowest BCUT2D eigenvalue weighted by Crippen LogP contribution is -3.00. The van der Waals surface area contributed by atoms with Gasteiger partial charge in [-0.1, -0.05) is 40.0 Å². The van der Waals surface area contributed by atoms with Gasteiger partial charge in [-0.15, -0.1) is 0 Å². The first-order valence-electron chi connectivity index (χ1n) is 7.56. The topological polar surface area (TPSA) is 26.3 Å². The third-order valence-electron chi connectivity index (χ3n) is 3.65. The summed E-state index contributed by atoms with van der Waals surface area (Å²) < 4.78 is 4.93. The minimum absolute atomic E-state index is 0. The van der Waals surface area contributed by atoms with Crippen molar-refractivity contribution in [3.8, 4) is 0 Å². The highest BCUT2D eigenvalue weighted by atomic mass is 79.9. The predicted molar refractivity (Wildman–Crippen MR) is 83.1 cm³/mol. The van der Waals surface area contributed by atoms with Gasteiger partial charge in [-0.25, -0.2) is 4.79 Å². The number of halogens is 1. The van der Waals surface area contributed by atoms with Crippen molar-refractivity contribution in [1.82, 2.24) is 0 Å². The molecule has 0 aromatic heterocycles. The van der Waals surface area contributed by atoms with Crippen LogP contribution >= 0.6 is 7.26 Å². The average molecular weight is 355 g/mol. The Labute approximate surface area is 131 Å². The van der Waals surface area contributed by atoms with E-state index in [1.807, 2.05) is 0 Å². The number of hydrogen-bond acceptors (Lipinski definition) is 2. The van der Waals surface area contributed by atoms with Crippen molar-refractivity contribution in [1.29, 1.82) is 0 Å². The third-order valence-corrected chi connectivity index (χ3v) is 8.37. The van der Waals surface area contributed by atoms with Crippen molar-refractivity contribution < 1.29 is 26.5 Å². The Balaban J connectivity index is 0. The van der Waals surface area contributed by atoms with Gasteiger partial charge in [0, 0.05) is 7.26 Å². The monoisotopic (exact) mass is 354 g/mol. The summed E-state index contributed by atoms with van der Waals surface area (Å²) in [6.45, 7) is 6.73. The van der Waals surface area contributed by atoms with Crippen LogP contribution in [0, 0.1) is 0 Å². The van der Waals surface area contributed by atoms with Gasteiger partial charge < -0.3 is 21.7 Å². The van der Waals surface area contributed by atoms with Crippen molar-refractivity contribution in [2.24, 2.45) is 0 Å². The first kappa shape index (κ1) is 21.7. The summed E-state index contributed by atoms with van der Waals surface area (Å²) in [7, 11) is 0.431. The minimum atomic E-state index is -1.09. The molecule has 0 spiro atoms. The Bertz CT molecular complexity index is 200. The third kappa shape index (κ3) is 9.85. The van der Waals surface area contributed by atoms with E-state index in [1.165, 1.54) is 64.1 Å². The normalized spacial score (nSPS) is 10.9. The molecule has 0 aromatic carbocycles. The quantitative estimate of drug-likeness (QED) is 0.416. The fourth-order valence-electron chi connectivity index (χ4n) is 2.39. The molecule has 0 N–H and O–H groups in total. The molecular weight excluding hydrogens is 323 g/mol. The zero-order chi connectivity index (χ0) is 13.9. The van der Waals surface area contributed by atoms with Crippen molar-refractivity contribution >= 4 is 13.2 Å². The second kappa shape index (κ2) is 13.4. The van der Waals surface area contributed by atoms with Crippen molar-refractivity contribution in [2.45, 2.75) is 59.3 Å². The molecule has 0 saturated heterocycles. The first-order valence-corrected chi connectivity index (χ1v) is 10.1. The summed E-state index contributed by atoms with van der Waals surface area (Å²) in [5.41, 5.74) is 0. The van der Waals surface area contributed by atoms with Crippen molar-refractivity contribution in [3.05, 3.63) is 0 Å². The summed E-state index contributed by atoms with van der Waals surface area (Å²) in [4.78, 5) is 11.7. The number of hydrogen-bond donors (Lipinski definition) is 0. The average Bonchev–Trinajstić information content (AvgIpc) is 2.40. The van der Waals surface area contributed by atoms with Crippen molar-refractivity contribution in [2.75, 3.05) is 31.8 Å². The molecule has 0 radical (unpaired) electrons. The highest BCUT2D eigenvalue weighted by Crippen LogP contribution is 2.60. The number of ether oxygens (including phenoxy) is 1. The van der Waals surface area contributed by atoms with Crippen LogP contribution in [-0.2, 0) is 9.53 Å². The molecule has 0 rings (SSSR count). The molecule has 19 heavy (non-hydrogen) atoms. The number of esters is 1. The van der Waals surface area contributed by atoms with Gasteiger partial charge in [-0.3, -0.25) is 0 Å². The van der Waals surface area contributed by atoms with E-state index >= 15 is 0 Å². The second-order valence-electron chi connectivity index (χ2n) is 5.31. The molecule has 2 nitrogen and oxygen atoms in total. The van der Waals surface area contributed by atoms with E-state index < -0.39 is 7.26 Å². The van der Waals surface area contributed by atoms with Crippen LogP contribution in [0.4, 0.5) is 0 Å². The van der Waals surface area contributed by atoms with E-state index in [0.717, 1.165) is 6.16 Å². The molecule has 0 bridgehead atoms. The summed E-state index contributed by atoms with van der Waals surface area (Å²) in [5.74, 6) is 0.0200. The van der Waals surface area contributed by atoms with E-state index in [-0.39, 0.29) is 23.0 Å². The number of methoxy groups -OCH3 is 1. The first-order chi connectivity index (χ1) is 8.64. The molecule has 0 saturated carbocycles. The summed E-state index contributed by atoms with van der Waals surface area (Å²) in [6, 6.07) is 0. The molecule has 0 aliphatic heterocycles. The van der Waals surface area contributed by atoms with E-state index in [0.29, 0.717) is 0 Å². The van der Waals surface area contributed by atoms with Crippen LogP contribution < -0.4 is 17.0 Å². The fraction of sp³-hybridized carbons (Fsp3) is 0.933. The summed E-state index contributed by atoms with van der Waals surface area (Å²) >= 11 is 0. The molecule has 0 fully saturated rings. The molecular formula is C15H32BrO2P. The van der Waals surface area contributed by atoms with Gasteiger partial charge in [0.25, 0.3) is 0 Å². The summed E-state index contributed by atoms with van der Waals surface area (Å²) in [6.07, 6.45) is 12.1. The molecule has 0 aliphatic carbocycles. The van der Waals surface area contributed by atoms with E-state index in [1.54, 1.807) is 0 Å². The molecule has 0 heterocycles. The molecule has 0 unspecified atom stereocenters. The predicted octanol–water partition coefficient (Wildman–Crippen LogP) is 1.58. The molecule has 0 atom stereocenters. The Morgan fingerprint density at radius 3 is 1.53 bits per heavy atom. The van der Waals surface area contributed by atoms with Gasteiger partial charge in [-0.2, -0.15) is 0 Å². The maximum absolute atomic E-state index is 11.7. The van der Waals surface area contributed by atoms with Crippen LogP contribution in [0.2, 0.25) is 0 Å². The van der Waals surface area contributed by atoms with E-state index in [9.17, 15) is 4.79 Å². The van der Waals surface area contributed by atoms with E-state index in [2.05, 4.69) is 20.8 Å².